The highest BCUT2D eigenvalue weighted by molar-refractivity contribution is 6.48. The van der Waals surface area contributed by atoms with E-state index in [0.717, 1.165) is 17.7 Å². The Labute approximate surface area is 120 Å². The van der Waals surface area contributed by atoms with Gasteiger partial charge in [0.1, 0.15) is 5.76 Å². The van der Waals surface area contributed by atoms with Crippen LogP contribution in [-0.4, -0.2) is 23.8 Å². The minimum atomic E-state index is -0.952. The van der Waals surface area contributed by atoms with Gasteiger partial charge in [-0.25, -0.2) is 0 Å². The van der Waals surface area contributed by atoms with Gasteiger partial charge in [-0.05, 0) is 45.7 Å². The highest BCUT2D eigenvalue weighted by atomic mass is 35.5. The molecule has 1 radical (unpaired) electrons. The second kappa shape index (κ2) is 5.00. The summed E-state index contributed by atoms with van der Waals surface area (Å²) in [6.07, 6.45) is 6.53. The molecule has 19 heavy (non-hydrogen) atoms. The third-order valence-corrected chi connectivity index (χ3v) is 4.26. The monoisotopic (exact) mass is 281 g/mol. The zero-order valence-corrected chi connectivity index (χ0v) is 12.5. The van der Waals surface area contributed by atoms with E-state index >= 15 is 0 Å². The van der Waals surface area contributed by atoms with Crippen LogP contribution < -0.4 is 0 Å². The minimum Gasteiger partial charge on any atom is -0.467 e. The molecule has 0 spiro atoms. The molecule has 0 aromatic carbocycles. The molecule has 0 aromatic heterocycles. The molecule has 0 amide bonds. The Bertz CT molecular complexity index is 458. The Hall–Kier alpha value is -0.705. The SMILES string of the molecule is CC(C)(O)C(C)(C)O[B]C1=CCC2C=COC2=C1Cl. The van der Waals surface area contributed by atoms with Crippen molar-refractivity contribution in [3.05, 3.63) is 34.7 Å². The van der Waals surface area contributed by atoms with E-state index in [9.17, 15) is 5.11 Å². The average molecular weight is 282 g/mol. The second-order valence-corrected chi connectivity index (χ2v) is 6.31. The van der Waals surface area contributed by atoms with Crippen LogP contribution in [0.15, 0.2) is 34.7 Å². The molecule has 1 unspecified atom stereocenters. The molecule has 3 nitrogen and oxygen atoms in total. The van der Waals surface area contributed by atoms with Crippen molar-refractivity contribution in [2.24, 2.45) is 5.92 Å². The predicted octanol–water partition coefficient (Wildman–Crippen LogP) is 3.07. The summed E-state index contributed by atoms with van der Waals surface area (Å²) in [5.74, 6) is 1.02. The first-order valence-corrected chi connectivity index (χ1v) is 6.77. The van der Waals surface area contributed by atoms with E-state index in [0.29, 0.717) is 5.03 Å². The second-order valence-electron chi connectivity index (χ2n) is 5.93. The van der Waals surface area contributed by atoms with E-state index in [1.807, 2.05) is 26.0 Å². The molecule has 0 fully saturated rings. The van der Waals surface area contributed by atoms with Crippen LogP contribution in [0.25, 0.3) is 0 Å². The molecule has 1 N–H and O–H groups in total. The summed E-state index contributed by atoms with van der Waals surface area (Å²) >= 11 is 6.30. The van der Waals surface area contributed by atoms with E-state index in [4.69, 9.17) is 21.0 Å². The predicted molar refractivity (Wildman–Crippen MR) is 76.5 cm³/mol. The molecule has 0 aromatic rings. The van der Waals surface area contributed by atoms with Crippen LogP contribution in [-0.2, 0) is 9.39 Å². The van der Waals surface area contributed by atoms with Gasteiger partial charge in [-0.2, -0.15) is 0 Å². The number of hydrogen-bond acceptors (Lipinski definition) is 3. The summed E-state index contributed by atoms with van der Waals surface area (Å²) < 4.78 is 11.1. The number of halogens is 1. The van der Waals surface area contributed by atoms with Crippen LogP contribution in [0.1, 0.15) is 34.1 Å². The molecular weight excluding hydrogens is 262 g/mol. The Balaban J connectivity index is 2.04. The van der Waals surface area contributed by atoms with E-state index < -0.39 is 11.2 Å². The number of fused-ring (bicyclic) bond motifs is 1. The fourth-order valence-corrected chi connectivity index (χ4v) is 2.03. The van der Waals surface area contributed by atoms with E-state index in [2.05, 4.69) is 0 Å². The first-order valence-electron chi connectivity index (χ1n) is 6.39. The number of rotatable bonds is 4. The number of allylic oxidation sites excluding steroid dienone is 4. The van der Waals surface area contributed by atoms with Gasteiger partial charge >= 0.3 is 7.48 Å². The number of hydrogen-bond donors (Lipinski definition) is 1. The van der Waals surface area contributed by atoms with Crippen molar-refractivity contribution in [3.63, 3.8) is 0 Å². The molecule has 2 rings (SSSR count). The zero-order valence-electron chi connectivity index (χ0n) is 11.7. The van der Waals surface area contributed by atoms with Crippen LogP contribution in [0, 0.1) is 5.92 Å². The van der Waals surface area contributed by atoms with Crippen LogP contribution in [0.2, 0.25) is 0 Å². The van der Waals surface area contributed by atoms with Crippen LogP contribution in [0.4, 0.5) is 0 Å². The lowest BCUT2D eigenvalue weighted by Crippen LogP contribution is -2.48. The number of ether oxygens (including phenoxy) is 1. The quantitative estimate of drug-likeness (QED) is 0.805. The highest BCUT2D eigenvalue weighted by Crippen LogP contribution is 2.37. The largest absolute Gasteiger partial charge is 0.467 e. The van der Waals surface area contributed by atoms with Gasteiger partial charge in [-0.1, -0.05) is 17.7 Å². The van der Waals surface area contributed by atoms with Gasteiger partial charge in [0.15, 0.2) is 0 Å². The van der Waals surface area contributed by atoms with Gasteiger partial charge in [0.2, 0.25) is 0 Å². The molecule has 0 bridgehead atoms. The Morgan fingerprint density at radius 3 is 2.74 bits per heavy atom. The molecule has 1 atom stereocenters. The van der Waals surface area contributed by atoms with Gasteiger partial charge in [-0.15, -0.1) is 0 Å². The van der Waals surface area contributed by atoms with Gasteiger partial charge in [0.25, 0.3) is 0 Å². The first kappa shape index (κ1) is 14.7. The maximum atomic E-state index is 10.0. The first-order chi connectivity index (χ1) is 8.72. The molecule has 1 aliphatic carbocycles. The smallest absolute Gasteiger partial charge is 0.332 e. The maximum Gasteiger partial charge on any atom is 0.332 e. The fourth-order valence-electron chi connectivity index (χ4n) is 1.72. The molecule has 0 saturated carbocycles. The lowest BCUT2D eigenvalue weighted by molar-refractivity contribution is -0.0896. The zero-order chi connectivity index (χ0) is 14.3. The van der Waals surface area contributed by atoms with E-state index in [1.165, 1.54) is 0 Å². The van der Waals surface area contributed by atoms with Gasteiger partial charge in [0.05, 0.1) is 22.5 Å². The molecular formula is C14H19BClO3. The maximum absolute atomic E-state index is 10.0. The summed E-state index contributed by atoms with van der Waals surface area (Å²) in [7, 11) is 1.60. The van der Waals surface area contributed by atoms with Gasteiger partial charge in [-0.3, -0.25) is 0 Å². The summed E-state index contributed by atoms with van der Waals surface area (Å²) in [5, 5.41) is 10.6. The summed E-state index contributed by atoms with van der Waals surface area (Å²) in [6.45, 7) is 7.11. The summed E-state index contributed by atoms with van der Waals surface area (Å²) in [5.41, 5.74) is -0.859. The van der Waals surface area contributed by atoms with Crippen LogP contribution >= 0.6 is 11.6 Å². The Morgan fingerprint density at radius 2 is 2.11 bits per heavy atom. The fraction of sp³-hybridized carbons (Fsp3) is 0.571. The summed E-state index contributed by atoms with van der Waals surface area (Å²) in [6, 6.07) is 0. The normalized spacial score (nSPS) is 23.1. The van der Waals surface area contributed by atoms with Gasteiger partial charge in [0, 0.05) is 5.92 Å². The highest BCUT2D eigenvalue weighted by Gasteiger charge is 2.37. The van der Waals surface area contributed by atoms with Crippen molar-refractivity contribution in [1.82, 2.24) is 0 Å². The molecule has 1 heterocycles. The average Bonchev–Trinajstić information content (AvgIpc) is 2.75. The standard InChI is InChI=1S/C14H19BClO3/c1-13(2,17)14(3,4)19-15-10-6-5-9-7-8-18-12(9)11(10)16/h6-9,17H,5H2,1-4H3. The molecule has 0 saturated heterocycles. The molecule has 2 aliphatic rings. The van der Waals surface area contributed by atoms with Gasteiger partial charge < -0.3 is 14.5 Å². The van der Waals surface area contributed by atoms with Crippen molar-refractivity contribution in [1.29, 1.82) is 0 Å². The Kier molecular flexibility index (Phi) is 3.87. The third-order valence-electron chi connectivity index (χ3n) is 3.86. The molecule has 103 valence electrons. The molecule has 1 aliphatic heterocycles. The lowest BCUT2D eigenvalue weighted by atomic mass is 9.78. The molecule has 5 heteroatoms. The number of aliphatic hydroxyl groups is 1. The third kappa shape index (κ3) is 2.91. The van der Waals surface area contributed by atoms with Crippen molar-refractivity contribution in [2.75, 3.05) is 0 Å². The lowest BCUT2D eigenvalue weighted by Gasteiger charge is -2.38. The van der Waals surface area contributed by atoms with Crippen molar-refractivity contribution < 1.29 is 14.5 Å². The topological polar surface area (TPSA) is 38.7 Å². The van der Waals surface area contributed by atoms with Crippen LogP contribution in [0.3, 0.4) is 0 Å². The van der Waals surface area contributed by atoms with E-state index in [1.54, 1.807) is 27.6 Å². The Morgan fingerprint density at radius 1 is 1.42 bits per heavy atom. The minimum absolute atomic E-state index is 0.243. The van der Waals surface area contributed by atoms with Crippen LogP contribution in [0.5, 0.6) is 0 Å². The van der Waals surface area contributed by atoms with Crippen molar-refractivity contribution >= 4 is 19.1 Å². The summed E-state index contributed by atoms with van der Waals surface area (Å²) in [4.78, 5) is 0. The van der Waals surface area contributed by atoms with E-state index in [-0.39, 0.29) is 5.92 Å². The van der Waals surface area contributed by atoms with Crippen molar-refractivity contribution in [3.8, 4) is 0 Å². The van der Waals surface area contributed by atoms with Crippen molar-refractivity contribution in [2.45, 2.75) is 45.3 Å².